The summed E-state index contributed by atoms with van der Waals surface area (Å²) in [6.07, 6.45) is 5.11. The number of oxazole rings is 1. The number of nitrogens with zero attached hydrogens (tertiary/aromatic N) is 1. The van der Waals surface area contributed by atoms with Gasteiger partial charge in [-0.3, -0.25) is 0 Å². The molecule has 0 aliphatic heterocycles. The quantitative estimate of drug-likeness (QED) is 0.805. The maximum atomic E-state index is 11.5. The normalized spacial score (nSPS) is 26.2. The molecular formula is C14H22N2O4. The molecule has 0 radical (unpaired) electrons. The Hall–Kier alpha value is -1.56. The second-order valence-electron chi connectivity index (χ2n) is 5.50. The number of nitrogens with one attached hydrogen (secondary N) is 1. The Morgan fingerprint density at radius 3 is 2.90 bits per heavy atom. The minimum absolute atomic E-state index is 0.0246. The first-order valence-corrected chi connectivity index (χ1v) is 7.10. The van der Waals surface area contributed by atoms with Crippen LogP contribution in [0.3, 0.4) is 0 Å². The molecule has 0 saturated heterocycles. The molecule has 0 spiro atoms. The Bertz CT molecular complexity index is 450. The molecule has 1 aliphatic rings. The van der Waals surface area contributed by atoms with E-state index >= 15 is 0 Å². The zero-order valence-electron chi connectivity index (χ0n) is 12.0. The highest BCUT2D eigenvalue weighted by Gasteiger charge is 2.35. The molecule has 1 aromatic rings. The molecule has 1 fully saturated rings. The van der Waals surface area contributed by atoms with Crippen LogP contribution in [0.5, 0.6) is 0 Å². The number of rotatable bonds is 5. The van der Waals surface area contributed by atoms with Gasteiger partial charge in [0.05, 0.1) is 18.8 Å². The van der Waals surface area contributed by atoms with Gasteiger partial charge in [-0.2, -0.15) is 4.98 Å². The van der Waals surface area contributed by atoms with Gasteiger partial charge in [0.15, 0.2) is 5.69 Å². The van der Waals surface area contributed by atoms with Crippen molar-refractivity contribution in [1.29, 1.82) is 0 Å². The fourth-order valence-corrected chi connectivity index (χ4v) is 2.49. The molecular weight excluding hydrogens is 260 g/mol. The molecule has 0 unspecified atom stereocenters. The lowest BCUT2D eigenvalue weighted by molar-refractivity contribution is 0.0519. The molecule has 6 heteroatoms. The number of carbonyl (C=O) groups is 1. The van der Waals surface area contributed by atoms with Crippen LogP contribution in [0.2, 0.25) is 0 Å². The summed E-state index contributed by atoms with van der Waals surface area (Å²) in [4.78, 5) is 15.6. The molecule has 1 aromatic heterocycles. The second kappa shape index (κ2) is 6.26. The summed E-state index contributed by atoms with van der Waals surface area (Å²) in [6, 6.07) is 0.261. The molecule has 1 heterocycles. The molecule has 1 aliphatic carbocycles. The van der Waals surface area contributed by atoms with Gasteiger partial charge in [-0.05, 0) is 38.5 Å². The number of anilines is 1. The van der Waals surface area contributed by atoms with Crippen molar-refractivity contribution in [1.82, 2.24) is 4.98 Å². The standard InChI is InChI=1S/C14H22N2O4/c1-3-19-12(18)11-8-20-13(15-11)16-14(9-17)6-4-10(2)5-7-14/h8,10,17H,3-7,9H2,1-2H3,(H,15,16). The summed E-state index contributed by atoms with van der Waals surface area (Å²) >= 11 is 0. The number of aliphatic hydroxyl groups excluding tert-OH is 1. The van der Waals surface area contributed by atoms with Gasteiger partial charge in [0, 0.05) is 0 Å². The molecule has 20 heavy (non-hydrogen) atoms. The molecule has 0 amide bonds. The summed E-state index contributed by atoms with van der Waals surface area (Å²) < 4.78 is 10.1. The lowest BCUT2D eigenvalue weighted by Crippen LogP contribution is -2.45. The predicted octanol–water partition coefficient (Wildman–Crippen LogP) is 2.20. The van der Waals surface area contributed by atoms with Crippen LogP contribution in [0.25, 0.3) is 0 Å². The van der Waals surface area contributed by atoms with Gasteiger partial charge in [0.25, 0.3) is 6.01 Å². The van der Waals surface area contributed by atoms with Crippen LogP contribution in [-0.2, 0) is 4.74 Å². The van der Waals surface area contributed by atoms with Crippen molar-refractivity contribution in [2.45, 2.75) is 45.1 Å². The smallest absolute Gasteiger partial charge is 0.360 e. The number of aliphatic hydroxyl groups is 1. The van der Waals surface area contributed by atoms with Gasteiger partial charge >= 0.3 is 5.97 Å². The van der Waals surface area contributed by atoms with E-state index in [2.05, 4.69) is 17.2 Å². The monoisotopic (exact) mass is 282 g/mol. The lowest BCUT2D eigenvalue weighted by atomic mass is 9.77. The van der Waals surface area contributed by atoms with Crippen LogP contribution in [0.4, 0.5) is 6.01 Å². The van der Waals surface area contributed by atoms with E-state index in [0.717, 1.165) is 25.7 Å². The number of carbonyl (C=O) groups excluding carboxylic acids is 1. The molecule has 0 bridgehead atoms. The third-order valence-corrected chi connectivity index (χ3v) is 3.89. The van der Waals surface area contributed by atoms with Crippen molar-refractivity contribution in [3.8, 4) is 0 Å². The van der Waals surface area contributed by atoms with Crippen molar-refractivity contribution in [3.05, 3.63) is 12.0 Å². The summed E-state index contributed by atoms with van der Waals surface area (Å²) in [5, 5.41) is 12.8. The van der Waals surface area contributed by atoms with Crippen molar-refractivity contribution < 1.29 is 19.1 Å². The highest BCUT2D eigenvalue weighted by molar-refractivity contribution is 5.87. The third kappa shape index (κ3) is 3.30. The molecule has 2 N–H and O–H groups in total. The van der Waals surface area contributed by atoms with Crippen LogP contribution in [0.15, 0.2) is 10.7 Å². The molecule has 112 valence electrons. The first kappa shape index (κ1) is 14.8. The molecule has 0 aromatic carbocycles. The highest BCUT2D eigenvalue weighted by atomic mass is 16.5. The second-order valence-corrected chi connectivity index (χ2v) is 5.50. The van der Waals surface area contributed by atoms with Gasteiger partial charge in [0.2, 0.25) is 0 Å². The van der Waals surface area contributed by atoms with Crippen molar-refractivity contribution >= 4 is 12.0 Å². The average Bonchev–Trinajstić information content (AvgIpc) is 2.90. The molecule has 6 nitrogen and oxygen atoms in total. The van der Waals surface area contributed by atoms with E-state index in [1.165, 1.54) is 6.26 Å². The van der Waals surface area contributed by atoms with Crippen molar-refractivity contribution in [2.75, 3.05) is 18.5 Å². The largest absolute Gasteiger partial charge is 0.461 e. The highest BCUT2D eigenvalue weighted by Crippen LogP contribution is 2.34. The van der Waals surface area contributed by atoms with Crippen LogP contribution in [-0.4, -0.2) is 34.8 Å². The van der Waals surface area contributed by atoms with E-state index in [1.54, 1.807) is 6.92 Å². The number of ether oxygens (including phenoxy) is 1. The third-order valence-electron chi connectivity index (χ3n) is 3.89. The Kier molecular flexibility index (Phi) is 4.65. The van der Waals surface area contributed by atoms with Gasteiger partial charge < -0.3 is 19.6 Å². The molecule has 1 saturated carbocycles. The topological polar surface area (TPSA) is 84.6 Å². The molecule has 2 rings (SSSR count). The fourth-order valence-electron chi connectivity index (χ4n) is 2.49. The summed E-state index contributed by atoms with van der Waals surface area (Å²) in [5.74, 6) is 0.177. The van der Waals surface area contributed by atoms with E-state index in [-0.39, 0.29) is 18.3 Å². The van der Waals surface area contributed by atoms with Crippen LogP contribution in [0.1, 0.15) is 50.0 Å². The number of aromatic nitrogens is 1. The maximum absolute atomic E-state index is 11.5. The van der Waals surface area contributed by atoms with E-state index in [0.29, 0.717) is 12.5 Å². The van der Waals surface area contributed by atoms with Crippen LogP contribution < -0.4 is 5.32 Å². The van der Waals surface area contributed by atoms with Gasteiger partial charge in [-0.25, -0.2) is 4.79 Å². The van der Waals surface area contributed by atoms with Crippen LogP contribution >= 0.6 is 0 Å². The van der Waals surface area contributed by atoms with E-state index in [9.17, 15) is 9.90 Å². The minimum atomic E-state index is -0.500. The first-order chi connectivity index (χ1) is 9.58. The Labute approximate surface area is 118 Å². The SMILES string of the molecule is CCOC(=O)c1coc(NC2(CO)CCC(C)CC2)n1. The van der Waals surface area contributed by atoms with E-state index in [1.807, 2.05) is 0 Å². The number of esters is 1. The van der Waals surface area contributed by atoms with Crippen LogP contribution in [0, 0.1) is 5.92 Å². The number of hydrogen-bond donors (Lipinski definition) is 2. The zero-order chi connectivity index (χ0) is 14.6. The Balaban J connectivity index is 2.03. The lowest BCUT2D eigenvalue weighted by Gasteiger charge is -2.38. The van der Waals surface area contributed by atoms with Gasteiger partial charge in [-0.15, -0.1) is 0 Å². The van der Waals surface area contributed by atoms with Gasteiger partial charge in [0.1, 0.15) is 6.26 Å². The first-order valence-electron chi connectivity index (χ1n) is 7.10. The average molecular weight is 282 g/mol. The van der Waals surface area contributed by atoms with Crippen molar-refractivity contribution in [2.24, 2.45) is 5.92 Å². The van der Waals surface area contributed by atoms with E-state index < -0.39 is 11.5 Å². The number of hydrogen-bond acceptors (Lipinski definition) is 6. The Morgan fingerprint density at radius 2 is 2.30 bits per heavy atom. The summed E-state index contributed by atoms with van der Waals surface area (Å²) in [6.45, 7) is 4.27. The fraction of sp³-hybridized carbons (Fsp3) is 0.714. The predicted molar refractivity (Wildman–Crippen MR) is 73.5 cm³/mol. The van der Waals surface area contributed by atoms with E-state index in [4.69, 9.17) is 9.15 Å². The minimum Gasteiger partial charge on any atom is -0.461 e. The van der Waals surface area contributed by atoms with Crippen molar-refractivity contribution in [3.63, 3.8) is 0 Å². The molecule has 0 atom stereocenters. The summed E-state index contributed by atoms with van der Waals surface area (Å²) in [5.41, 5.74) is -0.254. The Morgan fingerprint density at radius 1 is 1.60 bits per heavy atom. The maximum Gasteiger partial charge on any atom is 0.360 e. The zero-order valence-corrected chi connectivity index (χ0v) is 12.0. The van der Waals surface area contributed by atoms with Gasteiger partial charge in [-0.1, -0.05) is 6.92 Å². The summed E-state index contributed by atoms with van der Waals surface area (Å²) in [7, 11) is 0.